The SMILES string of the molecule is O=C(NCc1cccs1)c1ccc(Br)cc1O. The molecule has 2 N–H and O–H groups in total. The van der Waals surface area contributed by atoms with Crippen LogP contribution in [-0.2, 0) is 6.54 Å². The van der Waals surface area contributed by atoms with Gasteiger partial charge in [-0.3, -0.25) is 4.79 Å². The van der Waals surface area contributed by atoms with Crippen LogP contribution in [0.15, 0.2) is 40.2 Å². The molecule has 0 aliphatic carbocycles. The highest BCUT2D eigenvalue weighted by Crippen LogP contribution is 2.22. The molecule has 0 saturated carbocycles. The lowest BCUT2D eigenvalue weighted by molar-refractivity contribution is 0.0948. The number of aromatic hydroxyl groups is 1. The summed E-state index contributed by atoms with van der Waals surface area (Å²) in [7, 11) is 0. The molecular formula is C12H10BrNO2S. The fourth-order valence-electron chi connectivity index (χ4n) is 1.37. The molecule has 0 atom stereocenters. The third-order valence-corrected chi connectivity index (χ3v) is 3.58. The summed E-state index contributed by atoms with van der Waals surface area (Å²) in [5.74, 6) is -0.300. The topological polar surface area (TPSA) is 49.3 Å². The number of rotatable bonds is 3. The second kappa shape index (κ2) is 5.33. The summed E-state index contributed by atoms with van der Waals surface area (Å²) >= 11 is 4.81. The molecule has 0 unspecified atom stereocenters. The van der Waals surface area contributed by atoms with Gasteiger partial charge in [-0.25, -0.2) is 0 Å². The van der Waals surface area contributed by atoms with Crippen LogP contribution in [0.25, 0.3) is 0 Å². The van der Waals surface area contributed by atoms with Crippen LogP contribution in [0.4, 0.5) is 0 Å². The van der Waals surface area contributed by atoms with E-state index in [0.29, 0.717) is 6.54 Å². The van der Waals surface area contributed by atoms with Gasteiger partial charge in [0.2, 0.25) is 0 Å². The molecule has 5 heteroatoms. The molecule has 2 rings (SSSR count). The molecule has 1 aromatic carbocycles. The first-order chi connectivity index (χ1) is 8.16. The zero-order valence-electron chi connectivity index (χ0n) is 8.81. The van der Waals surface area contributed by atoms with E-state index < -0.39 is 0 Å². The van der Waals surface area contributed by atoms with Crippen LogP contribution in [0.2, 0.25) is 0 Å². The highest BCUT2D eigenvalue weighted by molar-refractivity contribution is 9.10. The van der Waals surface area contributed by atoms with Gasteiger partial charge in [-0.1, -0.05) is 22.0 Å². The van der Waals surface area contributed by atoms with Gasteiger partial charge in [-0.15, -0.1) is 11.3 Å². The number of phenolic OH excluding ortho intramolecular Hbond substituents is 1. The molecular weight excluding hydrogens is 302 g/mol. The number of amides is 1. The van der Waals surface area contributed by atoms with Gasteiger partial charge >= 0.3 is 0 Å². The van der Waals surface area contributed by atoms with Crippen molar-refractivity contribution in [3.63, 3.8) is 0 Å². The first-order valence-corrected chi connectivity index (χ1v) is 6.63. The maximum absolute atomic E-state index is 11.8. The van der Waals surface area contributed by atoms with Gasteiger partial charge in [0.25, 0.3) is 5.91 Å². The van der Waals surface area contributed by atoms with Crippen molar-refractivity contribution in [1.82, 2.24) is 5.32 Å². The minimum Gasteiger partial charge on any atom is -0.507 e. The molecule has 0 spiro atoms. The summed E-state index contributed by atoms with van der Waals surface area (Å²) in [6, 6.07) is 8.69. The molecule has 0 fully saturated rings. The van der Waals surface area contributed by atoms with E-state index in [1.807, 2.05) is 17.5 Å². The van der Waals surface area contributed by atoms with E-state index >= 15 is 0 Å². The van der Waals surface area contributed by atoms with E-state index in [2.05, 4.69) is 21.2 Å². The molecule has 1 heterocycles. The molecule has 0 radical (unpaired) electrons. The Bertz CT molecular complexity index is 525. The first-order valence-electron chi connectivity index (χ1n) is 4.96. The largest absolute Gasteiger partial charge is 0.507 e. The minimum absolute atomic E-state index is 0.0249. The van der Waals surface area contributed by atoms with Crippen molar-refractivity contribution in [1.29, 1.82) is 0 Å². The van der Waals surface area contributed by atoms with E-state index in [0.717, 1.165) is 9.35 Å². The Kier molecular flexibility index (Phi) is 3.81. The van der Waals surface area contributed by atoms with Crippen molar-refractivity contribution >= 4 is 33.2 Å². The van der Waals surface area contributed by atoms with Crippen molar-refractivity contribution in [2.45, 2.75) is 6.54 Å². The monoisotopic (exact) mass is 311 g/mol. The highest BCUT2D eigenvalue weighted by atomic mass is 79.9. The van der Waals surface area contributed by atoms with E-state index in [1.54, 1.807) is 23.5 Å². The Labute approximate surface area is 111 Å². The van der Waals surface area contributed by atoms with Gasteiger partial charge in [0.1, 0.15) is 5.75 Å². The van der Waals surface area contributed by atoms with Crippen molar-refractivity contribution in [3.05, 3.63) is 50.6 Å². The Balaban J connectivity index is 2.04. The molecule has 0 aliphatic rings. The Morgan fingerprint density at radius 3 is 2.88 bits per heavy atom. The summed E-state index contributed by atoms with van der Waals surface area (Å²) in [5, 5.41) is 14.3. The molecule has 2 aromatic rings. The second-order valence-electron chi connectivity index (χ2n) is 3.42. The van der Waals surface area contributed by atoms with Gasteiger partial charge in [0.15, 0.2) is 0 Å². The van der Waals surface area contributed by atoms with E-state index in [9.17, 15) is 9.90 Å². The second-order valence-corrected chi connectivity index (χ2v) is 5.37. The van der Waals surface area contributed by atoms with Crippen molar-refractivity contribution < 1.29 is 9.90 Å². The van der Waals surface area contributed by atoms with E-state index in [1.165, 1.54) is 6.07 Å². The van der Waals surface area contributed by atoms with Gasteiger partial charge < -0.3 is 10.4 Å². The molecule has 3 nitrogen and oxygen atoms in total. The number of benzene rings is 1. The average Bonchev–Trinajstić information content (AvgIpc) is 2.78. The summed E-state index contributed by atoms with van der Waals surface area (Å²) in [6.45, 7) is 0.478. The Hall–Kier alpha value is -1.33. The minimum atomic E-state index is -0.275. The number of halogens is 1. The predicted octanol–water partition coefficient (Wildman–Crippen LogP) is 3.15. The van der Waals surface area contributed by atoms with Crippen LogP contribution in [0.5, 0.6) is 5.75 Å². The molecule has 17 heavy (non-hydrogen) atoms. The summed E-state index contributed by atoms with van der Waals surface area (Å²) in [4.78, 5) is 12.9. The van der Waals surface area contributed by atoms with E-state index in [4.69, 9.17) is 0 Å². The number of phenols is 1. The first kappa shape index (κ1) is 12.1. The Morgan fingerprint density at radius 2 is 2.24 bits per heavy atom. The van der Waals surface area contributed by atoms with Crippen molar-refractivity contribution in [2.75, 3.05) is 0 Å². The lowest BCUT2D eigenvalue weighted by atomic mass is 10.2. The van der Waals surface area contributed by atoms with Gasteiger partial charge in [-0.05, 0) is 29.6 Å². The maximum Gasteiger partial charge on any atom is 0.255 e. The van der Waals surface area contributed by atoms with Crippen LogP contribution in [-0.4, -0.2) is 11.0 Å². The van der Waals surface area contributed by atoms with Crippen LogP contribution < -0.4 is 5.32 Å². The molecule has 0 aliphatic heterocycles. The summed E-state index contributed by atoms with van der Waals surface area (Å²) in [6.07, 6.45) is 0. The number of hydrogen-bond donors (Lipinski definition) is 2. The summed E-state index contributed by atoms with van der Waals surface area (Å²) in [5.41, 5.74) is 0.282. The summed E-state index contributed by atoms with van der Waals surface area (Å²) < 4.78 is 0.741. The predicted molar refractivity (Wildman–Crippen MR) is 71.3 cm³/mol. The third kappa shape index (κ3) is 3.08. The van der Waals surface area contributed by atoms with Crippen LogP contribution in [0.3, 0.4) is 0 Å². The quantitative estimate of drug-likeness (QED) is 0.915. The fraction of sp³-hybridized carbons (Fsp3) is 0.0833. The molecule has 88 valence electrons. The van der Waals surface area contributed by atoms with Crippen LogP contribution >= 0.6 is 27.3 Å². The van der Waals surface area contributed by atoms with E-state index in [-0.39, 0.29) is 17.2 Å². The maximum atomic E-state index is 11.8. The zero-order chi connectivity index (χ0) is 12.3. The molecule has 1 amide bonds. The number of hydrogen-bond acceptors (Lipinski definition) is 3. The lowest BCUT2D eigenvalue weighted by Crippen LogP contribution is -2.22. The smallest absolute Gasteiger partial charge is 0.255 e. The van der Waals surface area contributed by atoms with Gasteiger partial charge in [-0.2, -0.15) is 0 Å². The van der Waals surface area contributed by atoms with Crippen molar-refractivity contribution in [3.8, 4) is 5.75 Å². The molecule has 1 aromatic heterocycles. The number of thiophene rings is 1. The third-order valence-electron chi connectivity index (χ3n) is 2.21. The van der Waals surface area contributed by atoms with Crippen LogP contribution in [0, 0.1) is 0 Å². The molecule has 0 bridgehead atoms. The number of carbonyl (C=O) groups is 1. The Morgan fingerprint density at radius 1 is 1.41 bits per heavy atom. The van der Waals surface area contributed by atoms with Gasteiger partial charge in [0.05, 0.1) is 12.1 Å². The average molecular weight is 312 g/mol. The zero-order valence-corrected chi connectivity index (χ0v) is 11.2. The standard InChI is InChI=1S/C12H10BrNO2S/c13-8-3-4-10(11(15)6-8)12(16)14-7-9-2-1-5-17-9/h1-6,15H,7H2,(H,14,16). The normalized spacial score (nSPS) is 10.2. The molecule has 0 saturated heterocycles. The van der Waals surface area contributed by atoms with Gasteiger partial charge in [0, 0.05) is 9.35 Å². The highest BCUT2D eigenvalue weighted by Gasteiger charge is 2.10. The lowest BCUT2D eigenvalue weighted by Gasteiger charge is -2.06. The fourth-order valence-corrected chi connectivity index (χ4v) is 2.37. The van der Waals surface area contributed by atoms with Crippen molar-refractivity contribution in [2.24, 2.45) is 0 Å². The van der Waals surface area contributed by atoms with Crippen LogP contribution in [0.1, 0.15) is 15.2 Å². The number of nitrogens with one attached hydrogen (secondary N) is 1. The number of carbonyl (C=O) groups excluding carboxylic acids is 1.